The van der Waals surface area contributed by atoms with Gasteiger partial charge in [0.1, 0.15) is 11.5 Å². The van der Waals surface area contributed by atoms with Crippen LogP contribution in [0.15, 0.2) is 24.5 Å². The number of rotatable bonds is 5. The van der Waals surface area contributed by atoms with Crippen LogP contribution in [0.5, 0.6) is 5.88 Å². The summed E-state index contributed by atoms with van der Waals surface area (Å²) < 4.78 is 22.8. The van der Waals surface area contributed by atoms with Gasteiger partial charge in [0, 0.05) is 17.8 Å². The number of halogens is 1. The van der Waals surface area contributed by atoms with Crippen LogP contribution in [0.4, 0.5) is 4.39 Å². The van der Waals surface area contributed by atoms with E-state index >= 15 is 0 Å². The molecule has 0 aliphatic carbocycles. The van der Waals surface area contributed by atoms with Crippen LogP contribution in [-0.2, 0) is 9.53 Å². The summed E-state index contributed by atoms with van der Waals surface area (Å²) in [4.78, 5) is 15.3. The summed E-state index contributed by atoms with van der Waals surface area (Å²) in [7, 11) is 0. The van der Waals surface area contributed by atoms with E-state index in [1.165, 1.54) is 18.3 Å². The third kappa shape index (κ3) is 3.22. The van der Waals surface area contributed by atoms with Gasteiger partial charge in [-0.05, 0) is 13.0 Å². The zero-order chi connectivity index (χ0) is 14.5. The molecule has 0 amide bonds. The molecule has 20 heavy (non-hydrogen) atoms. The van der Waals surface area contributed by atoms with Crippen molar-refractivity contribution in [2.45, 2.75) is 6.92 Å². The van der Waals surface area contributed by atoms with E-state index in [4.69, 9.17) is 4.74 Å². The standard InChI is InChI=1S/C12H12FN3O4/c1-2-19-12(17)7-20-11-4-10(16(18)15-11)8-3-9(13)6-14-5-8/h3-6,18H,2,7H2,1H3. The lowest BCUT2D eigenvalue weighted by Gasteiger charge is -2.01. The van der Waals surface area contributed by atoms with Crippen LogP contribution in [0.2, 0.25) is 0 Å². The van der Waals surface area contributed by atoms with Gasteiger partial charge >= 0.3 is 5.97 Å². The second kappa shape index (κ2) is 6.00. The molecule has 0 aromatic carbocycles. The summed E-state index contributed by atoms with van der Waals surface area (Å²) in [5.41, 5.74) is 0.516. The fraction of sp³-hybridized carbons (Fsp3) is 0.250. The minimum atomic E-state index is -0.547. The highest BCUT2D eigenvalue weighted by molar-refractivity contribution is 5.71. The normalized spacial score (nSPS) is 10.3. The van der Waals surface area contributed by atoms with Crippen LogP contribution < -0.4 is 4.74 Å². The largest absolute Gasteiger partial charge is 0.464 e. The van der Waals surface area contributed by atoms with Crippen molar-refractivity contribution < 1.29 is 23.9 Å². The maximum absolute atomic E-state index is 13.1. The Bertz CT molecular complexity index is 614. The van der Waals surface area contributed by atoms with Crippen LogP contribution in [0, 0.1) is 5.82 Å². The molecular formula is C12H12FN3O4. The van der Waals surface area contributed by atoms with E-state index in [1.807, 2.05) is 0 Å². The van der Waals surface area contributed by atoms with Crippen molar-refractivity contribution in [2.75, 3.05) is 13.2 Å². The molecule has 0 unspecified atom stereocenters. The number of pyridine rings is 1. The predicted molar refractivity (Wildman–Crippen MR) is 64.7 cm³/mol. The highest BCUT2D eigenvalue weighted by atomic mass is 19.1. The average Bonchev–Trinajstić information content (AvgIpc) is 2.78. The van der Waals surface area contributed by atoms with Gasteiger partial charge in [-0.3, -0.25) is 4.98 Å². The van der Waals surface area contributed by atoms with Crippen molar-refractivity contribution in [1.82, 2.24) is 14.9 Å². The Kier molecular flexibility index (Phi) is 4.14. The van der Waals surface area contributed by atoms with Crippen molar-refractivity contribution in [3.05, 3.63) is 30.3 Å². The molecule has 0 aliphatic heterocycles. The highest BCUT2D eigenvalue weighted by Crippen LogP contribution is 2.22. The van der Waals surface area contributed by atoms with Gasteiger partial charge in [-0.2, -0.15) is 0 Å². The summed E-state index contributed by atoms with van der Waals surface area (Å²) >= 11 is 0. The summed E-state index contributed by atoms with van der Waals surface area (Å²) in [5, 5.41) is 13.2. The lowest BCUT2D eigenvalue weighted by Crippen LogP contribution is -2.14. The van der Waals surface area contributed by atoms with E-state index in [9.17, 15) is 14.4 Å². The molecule has 0 radical (unpaired) electrons. The molecule has 0 saturated heterocycles. The number of carbonyl (C=O) groups excluding carboxylic acids is 1. The molecule has 0 aliphatic rings. The van der Waals surface area contributed by atoms with Gasteiger partial charge in [0.05, 0.1) is 12.8 Å². The third-order valence-electron chi connectivity index (χ3n) is 2.31. The summed E-state index contributed by atoms with van der Waals surface area (Å²) in [6.45, 7) is 1.60. The molecule has 0 atom stereocenters. The number of hydrogen-bond acceptors (Lipinski definition) is 6. The van der Waals surface area contributed by atoms with Gasteiger partial charge in [-0.25, -0.2) is 9.18 Å². The van der Waals surface area contributed by atoms with Crippen molar-refractivity contribution in [2.24, 2.45) is 0 Å². The highest BCUT2D eigenvalue weighted by Gasteiger charge is 2.13. The van der Waals surface area contributed by atoms with Crippen molar-refractivity contribution in [3.63, 3.8) is 0 Å². The molecule has 2 rings (SSSR count). The molecule has 0 fully saturated rings. The van der Waals surface area contributed by atoms with E-state index in [0.29, 0.717) is 10.4 Å². The molecule has 0 saturated carbocycles. The molecule has 7 nitrogen and oxygen atoms in total. The second-order valence-corrected chi connectivity index (χ2v) is 3.74. The second-order valence-electron chi connectivity index (χ2n) is 3.74. The summed E-state index contributed by atoms with van der Waals surface area (Å²) in [6.07, 6.45) is 2.40. The SMILES string of the molecule is CCOC(=O)COc1cc(-c2cncc(F)c2)n(O)n1. The van der Waals surface area contributed by atoms with Gasteiger partial charge in [0.2, 0.25) is 5.88 Å². The fourth-order valence-electron chi connectivity index (χ4n) is 1.51. The summed E-state index contributed by atoms with van der Waals surface area (Å²) in [6, 6.07) is 2.54. The maximum atomic E-state index is 13.1. The van der Waals surface area contributed by atoms with Crippen LogP contribution in [0.25, 0.3) is 11.3 Å². The van der Waals surface area contributed by atoms with Gasteiger partial charge in [-0.1, -0.05) is 9.94 Å². The molecule has 1 N–H and O–H groups in total. The van der Waals surface area contributed by atoms with E-state index < -0.39 is 11.8 Å². The van der Waals surface area contributed by atoms with Gasteiger partial charge in [0.25, 0.3) is 0 Å². The van der Waals surface area contributed by atoms with Crippen LogP contribution in [0.1, 0.15) is 6.92 Å². The quantitative estimate of drug-likeness (QED) is 0.656. The number of aromatic nitrogens is 3. The monoisotopic (exact) mass is 281 g/mol. The Labute approximate surface area is 113 Å². The van der Waals surface area contributed by atoms with Crippen LogP contribution >= 0.6 is 0 Å². The van der Waals surface area contributed by atoms with Crippen LogP contribution in [0.3, 0.4) is 0 Å². The Morgan fingerprint density at radius 3 is 2.95 bits per heavy atom. The van der Waals surface area contributed by atoms with E-state index in [1.54, 1.807) is 6.92 Å². The minimum Gasteiger partial charge on any atom is -0.464 e. The number of hydrogen-bond donors (Lipinski definition) is 1. The molecule has 2 heterocycles. The topological polar surface area (TPSA) is 86.5 Å². The average molecular weight is 281 g/mol. The van der Waals surface area contributed by atoms with Gasteiger partial charge in [0.15, 0.2) is 6.61 Å². The first-order valence-electron chi connectivity index (χ1n) is 5.79. The lowest BCUT2D eigenvalue weighted by atomic mass is 10.2. The van der Waals surface area contributed by atoms with E-state index in [0.717, 1.165) is 6.20 Å². The van der Waals surface area contributed by atoms with Crippen molar-refractivity contribution in [1.29, 1.82) is 0 Å². The summed E-state index contributed by atoms with van der Waals surface area (Å²) in [5.74, 6) is -1.08. The van der Waals surface area contributed by atoms with Crippen molar-refractivity contribution >= 4 is 5.97 Å². The maximum Gasteiger partial charge on any atom is 0.344 e. The third-order valence-corrected chi connectivity index (χ3v) is 2.31. The molecule has 106 valence electrons. The Balaban J connectivity index is 2.12. The smallest absolute Gasteiger partial charge is 0.344 e. The molecule has 2 aromatic rings. The van der Waals surface area contributed by atoms with E-state index in [2.05, 4.69) is 14.8 Å². The minimum absolute atomic E-state index is 0.0137. The Morgan fingerprint density at radius 1 is 1.45 bits per heavy atom. The predicted octanol–water partition coefficient (Wildman–Crippen LogP) is 1.26. The lowest BCUT2D eigenvalue weighted by molar-refractivity contribution is -0.145. The molecule has 8 heteroatoms. The molecule has 0 bridgehead atoms. The first-order chi connectivity index (χ1) is 9.60. The molecule has 0 spiro atoms. The Hall–Kier alpha value is -2.64. The Morgan fingerprint density at radius 2 is 2.25 bits per heavy atom. The number of nitrogens with zero attached hydrogens (tertiary/aromatic N) is 3. The molecule has 2 aromatic heterocycles. The zero-order valence-electron chi connectivity index (χ0n) is 10.6. The van der Waals surface area contributed by atoms with Crippen molar-refractivity contribution in [3.8, 4) is 17.1 Å². The molecular weight excluding hydrogens is 269 g/mol. The first-order valence-corrected chi connectivity index (χ1v) is 5.79. The number of esters is 1. The fourth-order valence-corrected chi connectivity index (χ4v) is 1.51. The number of carbonyl (C=O) groups is 1. The first kappa shape index (κ1) is 13.8. The zero-order valence-corrected chi connectivity index (χ0v) is 10.6. The van der Waals surface area contributed by atoms with Crippen LogP contribution in [-0.4, -0.2) is 39.3 Å². The van der Waals surface area contributed by atoms with Gasteiger partial charge in [-0.15, -0.1) is 0 Å². The van der Waals surface area contributed by atoms with Gasteiger partial charge < -0.3 is 14.7 Å². The van der Waals surface area contributed by atoms with E-state index in [-0.39, 0.29) is 24.8 Å². The number of ether oxygens (including phenoxy) is 2.